The number of nitrogens with zero attached hydrogens (tertiary/aromatic N) is 3. The van der Waals surface area contributed by atoms with E-state index in [1.807, 2.05) is 24.6 Å². The lowest BCUT2D eigenvalue weighted by Gasteiger charge is -2.08. The highest BCUT2D eigenvalue weighted by Gasteiger charge is 2.29. The van der Waals surface area contributed by atoms with Crippen molar-refractivity contribution in [3.8, 4) is 0 Å². The first-order valence-electron chi connectivity index (χ1n) is 8.23. The van der Waals surface area contributed by atoms with E-state index in [9.17, 15) is 4.79 Å². The van der Waals surface area contributed by atoms with Gasteiger partial charge in [-0.2, -0.15) is 5.10 Å². The van der Waals surface area contributed by atoms with Gasteiger partial charge in [0.1, 0.15) is 5.82 Å². The largest absolute Gasteiger partial charge is 0.394 e. The molecule has 0 aliphatic heterocycles. The number of aryl methyl sites for hydroxylation is 1. The summed E-state index contributed by atoms with van der Waals surface area (Å²) in [5.41, 5.74) is 4.01. The van der Waals surface area contributed by atoms with Crippen molar-refractivity contribution in [2.45, 2.75) is 39.8 Å². The third kappa shape index (κ3) is 3.73. The lowest BCUT2D eigenvalue weighted by atomic mass is 10.2. The molecule has 2 aromatic heterocycles. The second-order valence-electron chi connectivity index (χ2n) is 6.15. The number of aliphatic hydroxyl groups is 1. The summed E-state index contributed by atoms with van der Waals surface area (Å²) >= 11 is 0. The van der Waals surface area contributed by atoms with Crippen LogP contribution < -0.4 is 10.6 Å². The molecular formula is C17H23N5O2. The second-order valence-corrected chi connectivity index (χ2v) is 6.15. The van der Waals surface area contributed by atoms with Crippen LogP contribution in [0.5, 0.6) is 0 Å². The van der Waals surface area contributed by atoms with Gasteiger partial charge in [0, 0.05) is 23.7 Å². The second kappa shape index (κ2) is 7.00. The Bertz CT molecular complexity index is 719. The number of pyridine rings is 1. The smallest absolute Gasteiger partial charge is 0.228 e. The Hall–Kier alpha value is -2.41. The fourth-order valence-electron chi connectivity index (χ4n) is 2.64. The molecule has 7 nitrogen and oxygen atoms in total. The van der Waals surface area contributed by atoms with Gasteiger partial charge in [-0.3, -0.25) is 9.48 Å². The van der Waals surface area contributed by atoms with Crippen molar-refractivity contribution in [1.82, 2.24) is 14.8 Å². The van der Waals surface area contributed by atoms with E-state index in [4.69, 9.17) is 5.11 Å². The summed E-state index contributed by atoms with van der Waals surface area (Å²) in [4.78, 5) is 16.0. The van der Waals surface area contributed by atoms with Crippen molar-refractivity contribution in [2.75, 3.05) is 17.2 Å². The molecule has 0 aromatic carbocycles. The number of hydrogen-bond donors (Lipinski definition) is 3. The Labute approximate surface area is 141 Å². The van der Waals surface area contributed by atoms with Gasteiger partial charge in [0.2, 0.25) is 5.91 Å². The number of carbonyl (C=O) groups excluding carboxylic acids is 1. The minimum Gasteiger partial charge on any atom is -0.394 e. The fraction of sp³-hybridized carbons (Fsp3) is 0.471. The Morgan fingerprint density at radius 1 is 1.38 bits per heavy atom. The van der Waals surface area contributed by atoms with E-state index in [0.717, 1.165) is 35.5 Å². The molecule has 2 aromatic rings. The average molecular weight is 329 g/mol. The number of hydrogen-bond acceptors (Lipinski definition) is 5. The molecule has 24 heavy (non-hydrogen) atoms. The van der Waals surface area contributed by atoms with E-state index in [1.54, 1.807) is 12.3 Å². The normalized spacial score (nSPS) is 13.8. The van der Waals surface area contributed by atoms with Crippen LogP contribution in [0.15, 0.2) is 18.3 Å². The molecule has 128 valence electrons. The molecule has 1 aliphatic carbocycles. The van der Waals surface area contributed by atoms with Gasteiger partial charge < -0.3 is 15.7 Å². The van der Waals surface area contributed by atoms with Gasteiger partial charge in [-0.05, 0) is 38.8 Å². The molecule has 0 unspecified atom stereocenters. The van der Waals surface area contributed by atoms with Crippen LogP contribution in [0.25, 0.3) is 0 Å². The Balaban J connectivity index is 1.59. The first-order chi connectivity index (χ1) is 11.6. The van der Waals surface area contributed by atoms with Gasteiger partial charge in [0.15, 0.2) is 0 Å². The zero-order chi connectivity index (χ0) is 17.1. The first-order valence-corrected chi connectivity index (χ1v) is 8.23. The molecule has 0 radical (unpaired) electrons. The predicted octanol–water partition coefficient (Wildman–Crippen LogP) is 1.85. The SMILES string of the molecule is Cc1nn(CCO)c(C)c1CNc1ccc(NC(=O)C2CC2)nc1. The van der Waals surface area contributed by atoms with Crippen molar-refractivity contribution in [2.24, 2.45) is 5.92 Å². The predicted molar refractivity (Wildman–Crippen MR) is 91.7 cm³/mol. The van der Waals surface area contributed by atoms with Crippen LogP contribution in [-0.2, 0) is 17.9 Å². The highest BCUT2D eigenvalue weighted by Crippen LogP contribution is 2.30. The number of aromatic nitrogens is 3. The molecule has 0 bridgehead atoms. The zero-order valence-corrected chi connectivity index (χ0v) is 14.0. The van der Waals surface area contributed by atoms with Crippen LogP contribution >= 0.6 is 0 Å². The molecule has 0 spiro atoms. The van der Waals surface area contributed by atoms with Crippen molar-refractivity contribution < 1.29 is 9.90 Å². The Morgan fingerprint density at radius 3 is 2.79 bits per heavy atom. The van der Waals surface area contributed by atoms with Gasteiger partial charge >= 0.3 is 0 Å². The number of amides is 1. The summed E-state index contributed by atoms with van der Waals surface area (Å²) in [6.07, 6.45) is 3.67. The first kappa shape index (κ1) is 16.4. The molecule has 2 heterocycles. The summed E-state index contributed by atoms with van der Waals surface area (Å²) in [6.45, 7) is 5.18. The van der Waals surface area contributed by atoms with Crippen LogP contribution in [0.4, 0.5) is 11.5 Å². The van der Waals surface area contributed by atoms with E-state index in [2.05, 4.69) is 20.7 Å². The number of anilines is 2. The van der Waals surface area contributed by atoms with Crippen molar-refractivity contribution in [3.05, 3.63) is 35.3 Å². The van der Waals surface area contributed by atoms with Gasteiger partial charge in [0.05, 0.1) is 30.7 Å². The Kier molecular flexibility index (Phi) is 4.80. The summed E-state index contributed by atoms with van der Waals surface area (Å²) in [6, 6.07) is 3.70. The minimum atomic E-state index is 0.0609. The van der Waals surface area contributed by atoms with Crippen LogP contribution in [0.1, 0.15) is 29.8 Å². The Morgan fingerprint density at radius 2 is 2.17 bits per heavy atom. The summed E-state index contributed by atoms with van der Waals surface area (Å²) in [5, 5.41) is 19.6. The summed E-state index contributed by atoms with van der Waals surface area (Å²) in [7, 11) is 0. The van der Waals surface area contributed by atoms with Crippen molar-refractivity contribution >= 4 is 17.4 Å². The van der Waals surface area contributed by atoms with Crippen LogP contribution in [0.2, 0.25) is 0 Å². The highest BCUT2D eigenvalue weighted by molar-refractivity contribution is 5.93. The van der Waals surface area contributed by atoms with E-state index in [1.165, 1.54) is 0 Å². The third-order valence-electron chi connectivity index (χ3n) is 4.28. The average Bonchev–Trinajstić information content (AvgIpc) is 3.37. The maximum atomic E-state index is 11.7. The van der Waals surface area contributed by atoms with Crippen LogP contribution in [-0.4, -0.2) is 32.4 Å². The quantitative estimate of drug-likeness (QED) is 0.721. The van der Waals surface area contributed by atoms with Crippen LogP contribution in [0, 0.1) is 19.8 Å². The molecular weight excluding hydrogens is 306 g/mol. The van der Waals surface area contributed by atoms with Gasteiger partial charge in [0.25, 0.3) is 0 Å². The number of carbonyl (C=O) groups is 1. The maximum absolute atomic E-state index is 11.7. The molecule has 1 saturated carbocycles. The van der Waals surface area contributed by atoms with E-state index in [-0.39, 0.29) is 18.4 Å². The summed E-state index contributed by atoms with van der Waals surface area (Å²) < 4.78 is 1.82. The standard InChI is InChI=1S/C17H23N5O2/c1-11-15(12(2)22(21-11)7-8-23)10-18-14-5-6-16(19-9-14)20-17(24)13-3-4-13/h5-6,9,13,18,23H,3-4,7-8,10H2,1-2H3,(H,19,20,24). The molecule has 3 rings (SSSR count). The van der Waals surface area contributed by atoms with E-state index < -0.39 is 0 Å². The molecule has 7 heteroatoms. The molecule has 0 saturated heterocycles. The van der Waals surface area contributed by atoms with E-state index in [0.29, 0.717) is 18.9 Å². The summed E-state index contributed by atoms with van der Waals surface area (Å²) in [5.74, 6) is 0.817. The molecule has 1 aliphatic rings. The van der Waals surface area contributed by atoms with Crippen molar-refractivity contribution in [1.29, 1.82) is 0 Å². The number of aliphatic hydroxyl groups excluding tert-OH is 1. The van der Waals surface area contributed by atoms with E-state index >= 15 is 0 Å². The lowest BCUT2D eigenvalue weighted by Crippen LogP contribution is -2.14. The van der Waals surface area contributed by atoms with Crippen molar-refractivity contribution in [3.63, 3.8) is 0 Å². The molecule has 1 amide bonds. The molecule has 3 N–H and O–H groups in total. The maximum Gasteiger partial charge on any atom is 0.228 e. The zero-order valence-electron chi connectivity index (χ0n) is 14.0. The highest BCUT2D eigenvalue weighted by atomic mass is 16.3. The van der Waals surface area contributed by atoms with Gasteiger partial charge in [-0.1, -0.05) is 0 Å². The lowest BCUT2D eigenvalue weighted by molar-refractivity contribution is -0.117. The molecule has 1 fully saturated rings. The fourth-order valence-corrected chi connectivity index (χ4v) is 2.64. The van der Waals surface area contributed by atoms with Crippen LogP contribution in [0.3, 0.4) is 0 Å². The van der Waals surface area contributed by atoms with Gasteiger partial charge in [-0.25, -0.2) is 4.98 Å². The van der Waals surface area contributed by atoms with Gasteiger partial charge in [-0.15, -0.1) is 0 Å². The monoisotopic (exact) mass is 329 g/mol. The topological polar surface area (TPSA) is 92.1 Å². The number of rotatable bonds is 7. The number of nitrogens with one attached hydrogen (secondary N) is 2. The molecule has 0 atom stereocenters. The minimum absolute atomic E-state index is 0.0609. The third-order valence-corrected chi connectivity index (χ3v) is 4.28.